The molecule has 2 fully saturated rings. The van der Waals surface area contributed by atoms with E-state index in [0.717, 1.165) is 12.8 Å². The molecule has 1 aromatic rings. The van der Waals surface area contributed by atoms with Crippen molar-refractivity contribution in [2.24, 2.45) is 0 Å². The molecular weight excluding hydrogens is 1010 g/mol. The van der Waals surface area contributed by atoms with Crippen molar-refractivity contribution in [3.05, 3.63) is 39.4 Å². The Morgan fingerprint density at radius 3 is 1.77 bits per heavy atom. The third kappa shape index (κ3) is 18.0. The fourth-order valence-corrected chi connectivity index (χ4v) is 24.6. The topological polar surface area (TPSA) is 168 Å². The molecule has 0 spiro atoms. The molecule has 14 nitrogen and oxygen atoms in total. The summed E-state index contributed by atoms with van der Waals surface area (Å²) in [6.45, 7) is 39.2. The highest BCUT2D eigenvalue weighted by molar-refractivity contribution is 7.75. The monoisotopic (exact) mass is 1120 g/mol. The Morgan fingerprint density at radius 1 is 0.770 bits per heavy atom. The van der Waals surface area contributed by atoms with E-state index in [1.54, 1.807) is 19.1 Å². The number of carbonyl (C=O) groups is 2. The van der Waals surface area contributed by atoms with E-state index in [4.69, 9.17) is 36.8 Å². The predicted octanol–water partition coefficient (Wildman–Crippen LogP) is 16.2. The number of ether oxygens (including phenoxy) is 4. The van der Waals surface area contributed by atoms with Gasteiger partial charge in [0.2, 0.25) is 8.32 Å². The molecule has 0 saturated carbocycles. The molecule has 428 valence electrons. The molecule has 0 bridgehead atoms. The van der Waals surface area contributed by atoms with Gasteiger partial charge in [-0.05, 0) is 87.1 Å². The molecule has 18 heteroatoms. The number of hydrogen-bond donors (Lipinski definition) is 0. The second-order valence-electron chi connectivity index (χ2n) is 24.3. The minimum Gasteiger partial charge on any atom is -0.434 e. The zero-order chi connectivity index (χ0) is 56.0. The van der Waals surface area contributed by atoms with Gasteiger partial charge < -0.3 is 32.3 Å². The van der Waals surface area contributed by atoms with Crippen molar-refractivity contribution in [2.75, 3.05) is 44.5 Å². The van der Waals surface area contributed by atoms with Gasteiger partial charge in [0, 0.05) is 43.5 Å². The third-order valence-corrected chi connectivity index (χ3v) is 33.4. The molecule has 0 amide bonds. The first-order chi connectivity index (χ1) is 34.5. The molecule has 0 N–H and O–H groups in total. The maximum atomic E-state index is 14.4. The third-order valence-electron chi connectivity index (χ3n) is 16.6. The summed E-state index contributed by atoms with van der Waals surface area (Å²) in [5, 5.41) is 12.5. The first-order valence-corrected chi connectivity index (χ1v) is 38.1. The van der Waals surface area contributed by atoms with E-state index in [1.807, 2.05) is 20.8 Å². The second kappa shape index (κ2) is 29.6. The van der Waals surface area contributed by atoms with Crippen molar-refractivity contribution in [1.82, 2.24) is 0 Å². The van der Waals surface area contributed by atoms with Crippen LogP contribution in [0.15, 0.2) is 18.2 Å². The quantitative estimate of drug-likeness (QED) is 0.0124. The SMILES string of the molecule is CCCC[P+](CCCC)(CCCC)CCCCC(=O)c1ccc(C(C)COC(=O)O[C@@H]2C(O[Si](C(C)C)(C(C)C)C(C)C)[C@H](C)O[C@@H]2COP(C)(=O)O[C@@H]2C(O[Si](C)(C)C(C)(C)C)[C@H](C)O[C@@H]2CC)c([N+](=O)[O-])c1. The number of unbranched alkanes of at least 4 members (excludes halogenated alkanes) is 4. The van der Waals surface area contributed by atoms with Gasteiger partial charge in [-0.3, -0.25) is 24.0 Å². The Morgan fingerprint density at radius 2 is 1.28 bits per heavy atom. The summed E-state index contributed by atoms with van der Waals surface area (Å²) in [5.74, 6) is -0.721. The highest BCUT2D eigenvalue weighted by atomic mass is 31.2. The zero-order valence-electron chi connectivity index (χ0n) is 49.6. The van der Waals surface area contributed by atoms with Crippen LogP contribution < -0.4 is 0 Å². The van der Waals surface area contributed by atoms with Gasteiger partial charge in [-0.25, -0.2) is 4.79 Å². The lowest BCUT2D eigenvalue weighted by Crippen LogP contribution is -2.54. The minimum atomic E-state index is -3.81. The zero-order valence-corrected chi connectivity index (χ0v) is 53.4. The van der Waals surface area contributed by atoms with Crippen LogP contribution in [0.5, 0.6) is 0 Å². The van der Waals surface area contributed by atoms with Crippen LogP contribution in [0.3, 0.4) is 0 Å². The number of nitro groups is 1. The molecule has 0 aromatic heterocycles. The van der Waals surface area contributed by atoms with Gasteiger partial charge >= 0.3 is 13.8 Å². The fraction of sp³-hybridized carbons (Fsp3) is 0.857. The average molecular weight is 1120 g/mol. The standard InChI is InChI=1S/C56H104NO13P2Si2/c1-20-24-32-72(33-25-21-2,34-26-22-3)35-28-27-29-48(58)45-30-31-46(47(36-45)57(60)61)42(11)37-63-55(59)67-53-50(66-43(12)51(53)70-74(39(5)6,40(7)8)41(9)10)38-64-71(17,62)68-54-49(23-4)65-44(13)52(54)69-73(18,19)56(14,15)16/h30-31,36,39-44,49-54H,20-29,32-35,37-38H2,1-19H3/q+1/t42?,43-,44-,49+,50+,51?,52?,53-,54-,71?/m0/s1. The summed E-state index contributed by atoms with van der Waals surface area (Å²) in [5.41, 5.74) is 1.07. The van der Waals surface area contributed by atoms with E-state index in [2.05, 4.69) is 96.2 Å². The Hall–Kier alpha value is -1.59. The second-order valence-corrected chi connectivity index (χ2v) is 40.9. The highest BCUT2D eigenvalue weighted by Crippen LogP contribution is 2.61. The van der Waals surface area contributed by atoms with Gasteiger partial charge in [0.05, 0.1) is 54.5 Å². The number of benzene rings is 1. The van der Waals surface area contributed by atoms with Gasteiger partial charge in [-0.1, -0.05) is 128 Å². The van der Waals surface area contributed by atoms with Crippen molar-refractivity contribution < 1.29 is 55.9 Å². The number of nitrogens with zero attached hydrogens (tertiary/aromatic N) is 1. The largest absolute Gasteiger partial charge is 0.508 e. The molecule has 4 unspecified atom stereocenters. The summed E-state index contributed by atoms with van der Waals surface area (Å²) < 4.78 is 65.8. The predicted molar refractivity (Wildman–Crippen MR) is 308 cm³/mol. The van der Waals surface area contributed by atoms with Gasteiger partial charge in [0.15, 0.2) is 20.2 Å². The van der Waals surface area contributed by atoms with Crippen LogP contribution in [-0.2, 0) is 41.4 Å². The van der Waals surface area contributed by atoms with Crippen LogP contribution in [-0.4, -0.2) is 127 Å². The fourth-order valence-electron chi connectivity index (χ4n) is 11.2. The first kappa shape index (κ1) is 66.7. The smallest absolute Gasteiger partial charge is 0.434 e. The molecule has 0 radical (unpaired) electrons. The first-order valence-electron chi connectivity index (χ1n) is 28.5. The van der Waals surface area contributed by atoms with E-state index in [0.29, 0.717) is 24.0 Å². The number of Topliss-reactive ketones (excluding diaryl/α,β-unsaturated/α-hetero) is 1. The molecule has 2 aliphatic rings. The Labute approximate surface area is 451 Å². The summed E-state index contributed by atoms with van der Waals surface area (Å²) in [4.78, 5) is 39.5. The summed E-state index contributed by atoms with van der Waals surface area (Å²) >= 11 is 0. The van der Waals surface area contributed by atoms with Crippen LogP contribution in [0.2, 0.25) is 34.8 Å². The van der Waals surface area contributed by atoms with E-state index in [1.165, 1.54) is 75.9 Å². The highest BCUT2D eigenvalue weighted by Gasteiger charge is 2.55. The minimum absolute atomic E-state index is 0.0761. The van der Waals surface area contributed by atoms with Gasteiger partial charge in [0.25, 0.3) is 5.69 Å². The number of hydrogen-bond acceptors (Lipinski definition) is 13. The molecule has 1 aromatic carbocycles. The van der Waals surface area contributed by atoms with Gasteiger partial charge in [-0.2, -0.15) is 0 Å². The molecular formula is C56H104NO13P2Si2+. The molecule has 2 heterocycles. The number of ketones is 1. The van der Waals surface area contributed by atoms with E-state index < -0.39 is 85.1 Å². The van der Waals surface area contributed by atoms with Gasteiger partial charge in [0.1, 0.15) is 31.0 Å². The van der Waals surface area contributed by atoms with Crippen molar-refractivity contribution in [3.63, 3.8) is 0 Å². The number of rotatable bonds is 33. The van der Waals surface area contributed by atoms with Crippen molar-refractivity contribution >= 4 is 49.1 Å². The van der Waals surface area contributed by atoms with Crippen LogP contribution in [0.4, 0.5) is 10.5 Å². The lowest BCUT2D eigenvalue weighted by molar-refractivity contribution is -0.385. The van der Waals surface area contributed by atoms with Crippen LogP contribution >= 0.6 is 14.9 Å². The van der Waals surface area contributed by atoms with Crippen LogP contribution in [0.1, 0.15) is 197 Å². The van der Waals surface area contributed by atoms with Crippen LogP contribution in [0.25, 0.3) is 0 Å². The molecule has 0 aliphatic carbocycles. The van der Waals surface area contributed by atoms with Crippen LogP contribution in [0, 0.1) is 10.1 Å². The van der Waals surface area contributed by atoms with E-state index in [-0.39, 0.29) is 58.6 Å². The molecule has 3 rings (SSSR count). The average Bonchev–Trinajstić information content (AvgIpc) is 3.77. The lowest BCUT2D eigenvalue weighted by atomic mass is 9.96. The van der Waals surface area contributed by atoms with E-state index >= 15 is 0 Å². The Balaban J connectivity index is 1.82. The Bertz CT molecular complexity index is 1920. The van der Waals surface area contributed by atoms with Gasteiger partial charge in [-0.15, -0.1) is 0 Å². The van der Waals surface area contributed by atoms with Crippen molar-refractivity contribution in [3.8, 4) is 0 Å². The molecule has 10 atom stereocenters. The summed E-state index contributed by atoms with van der Waals surface area (Å²) in [6, 6.07) is 4.62. The maximum absolute atomic E-state index is 14.4. The molecule has 2 aliphatic heterocycles. The number of nitro benzene ring substituents is 1. The van der Waals surface area contributed by atoms with E-state index in [9.17, 15) is 24.3 Å². The van der Waals surface area contributed by atoms with Crippen molar-refractivity contribution in [2.45, 2.75) is 264 Å². The summed E-state index contributed by atoms with van der Waals surface area (Å²) in [6.07, 6.45) is 9.43. The number of carbonyl (C=O) groups excluding carboxylic acids is 2. The molecule has 74 heavy (non-hydrogen) atoms. The van der Waals surface area contributed by atoms with Crippen molar-refractivity contribution in [1.29, 1.82) is 0 Å². The lowest BCUT2D eigenvalue weighted by Gasteiger charge is -2.45. The molecule has 2 saturated heterocycles. The Kier molecular flexibility index (Phi) is 26.7. The summed E-state index contributed by atoms with van der Waals surface area (Å²) in [7, 11) is -9.77. The maximum Gasteiger partial charge on any atom is 0.508 e. The normalized spacial score (nSPS) is 24.2.